The second-order valence-electron chi connectivity index (χ2n) is 5.21. The molecular weight excluding hydrogens is 316 g/mol. The molecule has 0 saturated heterocycles. The van der Waals surface area contributed by atoms with Crippen LogP contribution in [0, 0.1) is 20.8 Å². The SMILES string of the molecule is COc1ccc(OC)c(S(=O)(=O)Oc2c(C)ccc(C)c2C)c1. The minimum absolute atomic E-state index is 0.0698. The summed E-state index contributed by atoms with van der Waals surface area (Å²) in [5.41, 5.74) is 2.49. The van der Waals surface area contributed by atoms with Crippen LogP contribution < -0.4 is 13.7 Å². The van der Waals surface area contributed by atoms with Crippen LogP contribution in [0.25, 0.3) is 0 Å². The summed E-state index contributed by atoms with van der Waals surface area (Å²) in [5.74, 6) is 0.953. The molecule has 0 saturated carbocycles. The van der Waals surface area contributed by atoms with Crippen LogP contribution in [0.15, 0.2) is 35.2 Å². The van der Waals surface area contributed by atoms with Gasteiger partial charge in [-0.15, -0.1) is 0 Å². The second kappa shape index (κ2) is 6.50. The average Bonchev–Trinajstić information content (AvgIpc) is 2.54. The van der Waals surface area contributed by atoms with Gasteiger partial charge < -0.3 is 13.7 Å². The first-order valence-corrected chi connectivity index (χ1v) is 8.44. The molecule has 0 aliphatic rings. The van der Waals surface area contributed by atoms with Gasteiger partial charge in [0.15, 0.2) is 4.90 Å². The summed E-state index contributed by atoms with van der Waals surface area (Å²) in [6.07, 6.45) is 0. The first-order chi connectivity index (χ1) is 10.8. The van der Waals surface area contributed by atoms with E-state index in [4.69, 9.17) is 13.7 Å². The van der Waals surface area contributed by atoms with Crippen molar-refractivity contribution >= 4 is 10.1 Å². The molecule has 0 aliphatic carbocycles. The monoisotopic (exact) mass is 336 g/mol. The molecule has 0 atom stereocenters. The Morgan fingerprint density at radius 3 is 2.13 bits per heavy atom. The van der Waals surface area contributed by atoms with Gasteiger partial charge in [0.1, 0.15) is 17.2 Å². The molecule has 2 aromatic carbocycles. The van der Waals surface area contributed by atoms with Crippen molar-refractivity contribution in [3.05, 3.63) is 47.0 Å². The van der Waals surface area contributed by atoms with Crippen LogP contribution in [0.3, 0.4) is 0 Å². The van der Waals surface area contributed by atoms with Gasteiger partial charge in [-0.2, -0.15) is 8.42 Å². The van der Waals surface area contributed by atoms with Crippen molar-refractivity contribution < 1.29 is 22.1 Å². The van der Waals surface area contributed by atoms with E-state index in [0.717, 1.165) is 16.7 Å². The van der Waals surface area contributed by atoms with Crippen LogP contribution in [-0.2, 0) is 10.1 Å². The van der Waals surface area contributed by atoms with Crippen molar-refractivity contribution in [1.82, 2.24) is 0 Å². The Labute approximate surface area is 136 Å². The Morgan fingerprint density at radius 1 is 0.870 bits per heavy atom. The van der Waals surface area contributed by atoms with Gasteiger partial charge in [0, 0.05) is 6.07 Å². The van der Waals surface area contributed by atoms with E-state index in [1.807, 2.05) is 26.0 Å². The van der Waals surface area contributed by atoms with E-state index in [1.54, 1.807) is 13.0 Å². The lowest BCUT2D eigenvalue weighted by Gasteiger charge is -2.15. The van der Waals surface area contributed by atoms with Crippen LogP contribution in [0.1, 0.15) is 16.7 Å². The van der Waals surface area contributed by atoms with Crippen LogP contribution in [-0.4, -0.2) is 22.6 Å². The van der Waals surface area contributed by atoms with Crippen molar-refractivity contribution in [2.45, 2.75) is 25.7 Å². The van der Waals surface area contributed by atoms with Gasteiger partial charge in [-0.1, -0.05) is 12.1 Å². The van der Waals surface area contributed by atoms with E-state index in [1.165, 1.54) is 26.4 Å². The molecule has 0 fully saturated rings. The lowest BCUT2D eigenvalue weighted by molar-refractivity contribution is 0.388. The summed E-state index contributed by atoms with van der Waals surface area (Å²) in [6.45, 7) is 5.54. The number of rotatable bonds is 5. The smallest absolute Gasteiger partial charge is 0.343 e. The fourth-order valence-corrected chi connectivity index (χ4v) is 3.41. The number of hydrogen-bond acceptors (Lipinski definition) is 5. The van der Waals surface area contributed by atoms with Crippen molar-refractivity contribution in [2.75, 3.05) is 14.2 Å². The van der Waals surface area contributed by atoms with Gasteiger partial charge in [-0.25, -0.2) is 0 Å². The first-order valence-electron chi connectivity index (χ1n) is 7.03. The molecule has 5 nitrogen and oxygen atoms in total. The number of hydrogen-bond donors (Lipinski definition) is 0. The molecule has 23 heavy (non-hydrogen) atoms. The molecule has 0 heterocycles. The average molecular weight is 336 g/mol. The summed E-state index contributed by atoms with van der Waals surface area (Å²) < 4.78 is 41.1. The van der Waals surface area contributed by atoms with Crippen LogP contribution in [0.2, 0.25) is 0 Å². The number of aryl methyl sites for hydroxylation is 2. The van der Waals surface area contributed by atoms with Crippen LogP contribution in [0.4, 0.5) is 0 Å². The predicted molar refractivity (Wildman–Crippen MR) is 88.0 cm³/mol. The third kappa shape index (κ3) is 3.42. The number of benzene rings is 2. The van der Waals surface area contributed by atoms with E-state index in [-0.39, 0.29) is 10.6 Å². The maximum Gasteiger partial charge on any atom is 0.343 e. The molecular formula is C17H20O5S. The maximum absolute atomic E-state index is 12.7. The molecule has 0 aliphatic heterocycles. The highest BCUT2D eigenvalue weighted by Gasteiger charge is 2.24. The summed E-state index contributed by atoms with van der Waals surface area (Å²) in [4.78, 5) is -0.0698. The third-order valence-corrected chi connectivity index (χ3v) is 4.95. The van der Waals surface area contributed by atoms with Gasteiger partial charge in [0.25, 0.3) is 0 Å². The first kappa shape index (κ1) is 17.1. The fraction of sp³-hybridized carbons (Fsp3) is 0.294. The Bertz CT molecular complexity index is 825. The van der Waals surface area contributed by atoms with Crippen molar-refractivity contribution in [2.24, 2.45) is 0 Å². The number of ether oxygens (including phenoxy) is 2. The zero-order valence-corrected chi connectivity index (χ0v) is 14.7. The minimum atomic E-state index is -4.06. The summed E-state index contributed by atoms with van der Waals surface area (Å²) in [5, 5.41) is 0. The molecule has 0 amide bonds. The standard InChI is InChI=1S/C17H20O5S/c1-11-6-7-12(2)17(13(11)3)22-23(18,19)16-10-14(20-4)8-9-15(16)21-5/h6-10H,1-5H3. The Morgan fingerprint density at radius 2 is 1.52 bits per heavy atom. The van der Waals surface area contributed by atoms with E-state index in [2.05, 4.69) is 0 Å². The summed E-state index contributed by atoms with van der Waals surface area (Å²) >= 11 is 0. The molecule has 2 aromatic rings. The molecule has 0 aromatic heterocycles. The third-order valence-electron chi connectivity index (χ3n) is 3.71. The highest BCUT2D eigenvalue weighted by atomic mass is 32.2. The van der Waals surface area contributed by atoms with Crippen LogP contribution >= 0.6 is 0 Å². The minimum Gasteiger partial charge on any atom is -0.497 e. The van der Waals surface area contributed by atoms with Crippen LogP contribution in [0.5, 0.6) is 17.2 Å². The Balaban J connectivity index is 2.54. The molecule has 0 unspecified atom stereocenters. The Kier molecular flexibility index (Phi) is 4.85. The molecule has 124 valence electrons. The quantitative estimate of drug-likeness (QED) is 0.783. The lowest BCUT2D eigenvalue weighted by Crippen LogP contribution is -2.13. The van der Waals surface area contributed by atoms with Gasteiger partial charge in [0.2, 0.25) is 0 Å². The van der Waals surface area contributed by atoms with E-state index < -0.39 is 10.1 Å². The molecule has 0 bridgehead atoms. The van der Waals surface area contributed by atoms with Gasteiger partial charge in [0.05, 0.1) is 14.2 Å². The maximum atomic E-state index is 12.7. The molecule has 6 heteroatoms. The largest absolute Gasteiger partial charge is 0.497 e. The lowest BCUT2D eigenvalue weighted by atomic mass is 10.1. The topological polar surface area (TPSA) is 61.8 Å². The Hall–Kier alpha value is -2.21. The molecule has 0 spiro atoms. The van der Waals surface area contributed by atoms with Gasteiger partial charge in [-0.3, -0.25) is 0 Å². The fourth-order valence-electron chi connectivity index (χ4n) is 2.19. The second-order valence-corrected chi connectivity index (χ2v) is 6.72. The summed E-state index contributed by atoms with van der Waals surface area (Å²) in [7, 11) is -1.18. The highest BCUT2D eigenvalue weighted by molar-refractivity contribution is 7.87. The van der Waals surface area contributed by atoms with E-state index >= 15 is 0 Å². The predicted octanol–water partition coefficient (Wildman–Crippen LogP) is 3.40. The zero-order chi connectivity index (χ0) is 17.2. The van der Waals surface area contributed by atoms with E-state index in [0.29, 0.717) is 11.5 Å². The summed E-state index contributed by atoms with van der Waals surface area (Å²) in [6, 6.07) is 8.30. The van der Waals surface area contributed by atoms with E-state index in [9.17, 15) is 8.42 Å². The van der Waals surface area contributed by atoms with Crippen molar-refractivity contribution in [3.63, 3.8) is 0 Å². The highest BCUT2D eigenvalue weighted by Crippen LogP contribution is 2.33. The van der Waals surface area contributed by atoms with Gasteiger partial charge in [-0.05, 0) is 49.6 Å². The number of methoxy groups -OCH3 is 2. The van der Waals surface area contributed by atoms with Gasteiger partial charge >= 0.3 is 10.1 Å². The van der Waals surface area contributed by atoms with Crippen molar-refractivity contribution in [1.29, 1.82) is 0 Å². The normalized spacial score (nSPS) is 11.2. The molecule has 2 rings (SSSR count). The molecule has 0 radical (unpaired) electrons. The molecule has 0 N–H and O–H groups in total. The van der Waals surface area contributed by atoms with Crippen molar-refractivity contribution in [3.8, 4) is 17.2 Å². The zero-order valence-electron chi connectivity index (χ0n) is 13.8.